The standard InChI is InChI=1S/C14H22BrN3O/c1-3-6-14(7-5-8-16-10-14)13(19)12-11(15)9-17-18(12)4-2/h9,16H,3-8,10H2,1-2H3. The molecule has 2 heterocycles. The molecule has 0 aliphatic carbocycles. The number of nitrogens with zero attached hydrogens (tertiary/aromatic N) is 2. The second-order valence-electron chi connectivity index (χ2n) is 5.30. The molecule has 2 rings (SSSR count). The van der Waals surface area contributed by atoms with E-state index in [9.17, 15) is 4.79 Å². The second-order valence-corrected chi connectivity index (χ2v) is 6.15. The lowest BCUT2D eigenvalue weighted by atomic mass is 9.72. The van der Waals surface area contributed by atoms with E-state index in [-0.39, 0.29) is 11.2 Å². The molecule has 1 saturated heterocycles. The van der Waals surface area contributed by atoms with Crippen molar-refractivity contribution in [2.24, 2.45) is 5.41 Å². The van der Waals surface area contributed by atoms with E-state index in [0.717, 1.165) is 55.5 Å². The number of aromatic nitrogens is 2. The minimum absolute atomic E-state index is 0.243. The molecule has 1 aliphatic rings. The zero-order valence-electron chi connectivity index (χ0n) is 11.7. The highest BCUT2D eigenvalue weighted by atomic mass is 79.9. The second kappa shape index (κ2) is 6.18. The molecule has 1 N–H and O–H groups in total. The van der Waals surface area contributed by atoms with Crippen molar-refractivity contribution < 1.29 is 4.79 Å². The lowest BCUT2D eigenvalue weighted by Crippen LogP contribution is -2.46. The van der Waals surface area contributed by atoms with Gasteiger partial charge in [0.2, 0.25) is 0 Å². The van der Waals surface area contributed by atoms with Crippen molar-refractivity contribution in [3.8, 4) is 0 Å². The maximum atomic E-state index is 13.0. The summed E-state index contributed by atoms with van der Waals surface area (Å²) in [5.41, 5.74) is 0.488. The summed E-state index contributed by atoms with van der Waals surface area (Å²) < 4.78 is 2.62. The molecule has 5 heteroatoms. The summed E-state index contributed by atoms with van der Waals surface area (Å²) in [7, 11) is 0. The number of rotatable bonds is 5. The van der Waals surface area contributed by atoms with Crippen LogP contribution in [0.25, 0.3) is 0 Å². The number of carbonyl (C=O) groups excluding carboxylic acids is 1. The van der Waals surface area contributed by atoms with E-state index in [1.807, 2.05) is 6.92 Å². The molecule has 1 atom stereocenters. The predicted molar refractivity (Wildman–Crippen MR) is 79.4 cm³/mol. The number of nitrogens with one attached hydrogen (secondary N) is 1. The SMILES string of the molecule is CCCC1(C(=O)c2c(Br)cnn2CC)CCCNC1. The van der Waals surface area contributed by atoms with Gasteiger partial charge in [-0.2, -0.15) is 5.10 Å². The van der Waals surface area contributed by atoms with Crippen LogP contribution in [-0.4, -0.2) is 28.7 Å². The molecule has 0 aromatic carbocycles. The zero-order chi connectivity index (χ0) is 13.9. The van der Waals surface area contributed by atoms with Crippen LogP contribution in [0.3, 0.4) is 0 Å². The highest BCUT2D eigenvalue weighted by molar-refractivity contribution is 9.10. The van der Waals surface area contributed by atoms with Crippen LogP contribution in [0.2, 0.25) is 0 Å². The molecular formula is C14H22BrN3O. The summed E-state index contributed by atoms with van der Waals surface area (Å²) in [6.45, 7) is 6.70. The van der Waals surface area contributed by atoms with Crippen molar-refractivity contribution >= 4 is 21.7 Å². The molecule has 0 amide bonds. The summed E-state index contributed by atoms with van der Waals surface area (Å²) in [5.74, 6) is 0.243. The fourth-order valence-corrected chi connectivity index (χ4v) is 3.52. The summed E-state index contributed by atoms with van der Waals surface area (Å²) in [4.78, 5) is 13.0. The Balaban J connectivity index is 2.36. The Bertz CT molecular complexity index is 444. The van der Waals surface area contributed by atoms with Crippen LogP contribution in [0, 0.1) is 5.41 Å². The molecular weight excluding hydrogens is 306 g/mol. The van der Waals surface area contributed by atoms with E-state index in [4.69, 9.17) is 0 Å². The van der Waals surface area contributed by atoms with Gasteiger partial charge in [0.1, 0.15) is 5.69 Å². The summed E-state index contributed by atoms with van der Waals surface area (Å²) in [5, 5.41) is 7.66. The molecule has 1 unspecified atom stereocenters. The number of ketones is 1. The van der Waals surface area contributed by atoms with Crippen molar-refractivity contribution in [1.82, 2.24) is 15.1 Å². The molecule has 0 spiro atoms. The van der Waals surface area contributed by atoms with Gasteiger partial charge in [-0.15, -0.1) is 0 Å². The first-order valence-corrected chi connectivity index (χ1v) is 7.90. The van der Waals surface area contributed by atoms with Gasteiger partial charge in [0, 0.05) is 18.5 Å². The maximum Gasteiger partial charge on any atom is 0.189 e. The molecule has 1 aromatic heterocycles. The molecule has 19 heavy (non-hydrogen) atoms. The number of aryl methyl sites for hydroxylation is 1. The number of piperidine rings is 1. The van der Waals surface area contributed by atoms with E-state index in [1.54, 1.807) is 10.9 Å². The Morgan fingerprint density at radius 1 is 1.58 bits per heavy atom. The first-order chi connectivity index (χ1) is 9.14. The molecule has 106 valence electrons. The average Bonchev–Trinajstić information content (AvgIpc) is 2.80. The Labute approximate surface area is 123 Å². The molecule has 0 radical (unpaired) electrons. The van der Waals surface area contributed by atoms with Crippen molar-refractivity contribution in [1.29, 1.82) is 0 Å². The summed E-state index contributed by atoms with van der Waals surface area (Å²) in [6.07, 6.45) is 5.76. The van der Waals surface area contributed by atoms with Gasteiger partial charge < -0.3 is 5.32 Å². The number of hydrogen-bond acceptors (Lipinski definition) is 3. The van der Waals surface area contributed by atoms with Gasteiger partial charge in [0.15, 0.2) is 5.78 Å². The van der Waals surface area contributed by atoms with Crippen LogP contribution in [0.4, 0.5) is 0 Å². The normalized spacial score (nSPS) is 23.5. The van der Waals surface area contributed by atoms with E-state index in [2.05, 4.69) is 33.3 Å². The first kappa shape index (κ1) is 14.7. The molecule has 1 fully saturated rings. The van der Waals surface area contributed by atoms with Crippen molar-refractivity contribution in [2.75, 3.05) is 13.1 Å². The van der Waals surface area contributed by atoms with Gasteiger partial charge in [-0.1, -0.05) is 13.3 Å². The Kier molecular flexibility index (Phi) is 4.79. The minimum atomic E-state index is -0.248. The van der Waals surface area contributed by atoms with Gasteiger partial charge in [-0.3, -0.25) is 9.48 Å². The van der Waals surface area contributed by atoms with Crippen molar-refractivity contribution in [2.45, 2.75) is 46.1 Å². The monoisotopic (exact) mass is 327 g/mol. The van der Waals surface area contributed by atoms with E-state index in [1.165, 1.54) is 0 Å². The van der Waals surface area contributed by atoms with E-state index in [0.29, 0.717) is 0 Å². The lowest BCUT2D eigenvalue weighted by Gasteiger charge is -2.36. The Morgan fingerprint density at radius 3 is 2.95 bits per heavy atom. The van der Waals surface area contributed by atoms with Gasteiger partial charge in [0.25, 0.3) is 0 Å². The van der Waals surface area contributed by atoms with Gasteiger partial charge >= 0.3 is 0 Å². The fraction of sp³-hybridized carbons (Fsp3) is 0.714. The van der Waals surface area contributed by atoms with Crippen LogP contribution >= 0.6 is 15.9 Å². The zero-order valence-corrected chi connectivity index (χ0v) is 13.3. The molecule has 0 saturated carbocycles. The van der Waals surface area contributed by atoms with Crippen LogP contribution in [0.1, 0.15) is 50.0 Å². The number of halogens is 1. The quantitative estimate of drug-likeness (QED) is 0.845. The van der Waals surface area contributed by atoms with Crippen LogP contribution in [-0.2, 0) is 6.54 Å². The molecule has 1 aromatic rings. The number of Topliss-reactive ketones (excluding diaryl/α,β-unsaturated/α-hetero) is 1. The molecule has 0 bridgehead atoms. The van der Waals surface area contributed by atoms with Crippen LogP contribution < -0.4 is 5.32 Å². The lowest BCUT2D eigenvalue weighted by molar-refractivity contribution is 0.0705. The largest absolute Gasteiger partial charge is 0.316 e. The maximum absolute atomic E-state index is 13.0. The van der Waals surface area contributed by atoms with Crippen LogP contribution in [0.5, 0.6) is 0 Å². The van der Waals surface area contributed by atoms with Gasteiger partial charge in [-0.05, 0) is 48.7 Å². The number of hydrogen-bond donors (Lipinski definition) is 1. The smallest absolute Gasteiger partial charge is 0.189 e. The van der Waals surface area contributed by atoms with Crippen molar-refractivity contribution in [3.05, 3.63) is 16.4 Å². The third kappa shape index (κ3) is 2.77. The first-order valence-electron chi connectivity index (χ1n) is 7.11. The summed E-state index contributed by atoms with van der Waals surface area (Å²) >= 11 is 3.48. The Hall–Kier alpha value is -0.680. The predicted octanol–water partition coefficient (Wildman–Crippen LogP) is 3.02. The van der Waals surface area contributed by atoms with Crippen molar-refractivity contribution in [3.63, 3.8) is 0 Å². The highest BCUT2D eigenvalue weighted by Crippen LogP contribution is 2.37. The van der Waals surface area contributed by atoms with E-state index >= 15 is 0 Å². The third-order valence-electron chi connectivity index (χ3n) is 3.99. The number of carbonyl (C=O) groups is 1. The van der Waals surface area contributed by atoms with Crippen LogP contribution in [0.15, 0.2) is 10.7 Å². The van der Waals surface area contributed by atoms with E-state index < -0.39 is 0 Å². The third-order valence-corrected chi connectivity index (χ3v) is 4.57. The van der Waals surface area contributed by atoms with Gasteiger partial charge in [-0.25, -0.2) is 0 Å². The average molecular weight is 328 g/mol. The topological polar surface area (TPSA) is 46.9 Å². The fourth-order valence-electron chi connectivity index (χ4n) is 3.05. The summed E-state index contributed by atoms with van der Waals surface area (Å²) in [6, 6.07) is 0. The van der Waals surface area contributed by atoms with Gasteiger partial charge in [0.05, 0.1) is 10.7 Å². The molecule has 4 nitrogen and oxygen atoms in total. The highest BCUT2D eigenvalue weighted by Gasteiger charge is 2.41. The minimum Gasteiger partial charge on any atom is -0.316 e. The Morgan fingerprint density at radius 2 is 2.37 bits per heavy atom. The molecule has 1 aliphatic heterocycles.